The van der Waals surface area contributed by atoms with E-state index in [-0.39, 0.29) is 50.4 Å². The molecule has 0 aliphatic carbocycles. The second-order valence-corrected chi connectivity index (χ2v) is 13.0. The van der Waals surface area contributed by atoms with E-state index in [2.05, 4.69) is 0 Å². The van der Waals surface area contributed by atoms with E-state index in [1.807, 2.05) is 20.8 Å². The Morgan fingerprint density at radius 1 is 0.660 bits per heavy atom. The molecule has 268 valence electrons. The van der Waals surface area contributed by atoms with Gasteiger partial charge in [-0.25, -0.2) is 4.79 Å². The molecule has 0 amide bonds. The molecule has 0 radical (unpaired) electrons. The van der Waals surface area contributed by atoms with Crippen molar-refractivity contribution >= 4 is 5.97 Å². The zero-order chi connectivity index (χ0) is 35.4. The van der Waals surface area contributed by atoms with Gasteiger partial charge in [0.05, 0.1) is 48.8 Å². The SMILES string of the molecule is CCC(C)C1OC(=O)/C=C/C=C\C=C/C=C/C=C/CC(O)C(C)C(O)CC(O)CC(O)CC(O)CC(O)CC(O)CC(O)/C=C/C1C. The minimum absolute atomic E-state index is 0.0516. The molecular weight excluding hydrogens is 604 g/mol. The van der Waals surface area contributed by atoms with Gasteiger partial charge >= 0.3 is 5.97 Å². The van der Waals surface area contributed by atoms with Gasteiger partial charge in [-0.1, -0.05) is 101 Å². The predicted octanol–water partition coefficient (Wildman–Crippen LogP) is 3.19. The predicted molar refractivity (Wildman–Crippen MR) is 183 cm³/mol. The molecule has 1 aliphatic heterocycles. The van der Waals surface area contributed by atoms with E-state index in [1.165, 1.54) is 12.2 Å². The minimum atomic E-state index is -1.10. The van der Waals surface area contributed by atoms with Gasteiger partial charge in [-0.15, -0.1) is 0 Å². The van der Waals surface area contributed by atoms with E-state index < -0.39 is 66.8 Å². The summed E-state index contributed by atoms with van der Waals surface area (Å²) < 4.78 is 5.74. The molecule has 1 heterocycles. The van der Waals surface area contributed by atoms with Gasteiger partial charge in [-0.2, -0.15) is 0 Å². The number of aliphatic hydroxyl groups is 8. The molecule has 0 aromatic heterocycles. The number of hydrogen-bond acceptors (Lipinski definition) is 10. The second kappa shape index (κ2) is 23.8. The van der Waals surface area contributed by atoms with Crippen molar-refractivity contribution < 1.29 is 50.4 Å². The molecule has 0 bridgehead atoms. The molecule has 1 aliphatic rings. The zero-order valence-corrected chi connectivity index (χ0v) is 28.4. The van der Waals surface area contributed by atoms with Gasteiger partial charge < -0.3 is 45.6 Å². The Labute approximate surface area is 280 Å². The Bertz CT molecular complexity index is 1030. The van der Waals surface area contributed by atoms with Gasteiger partial charge in [0, 0.05) is 24.3 Å². The van der Waals surface area contributed by atoms with Crippen LogP contribution in [0.2, 0.25) is 0 Å². The van der Waals surface area contributed by atoms with Crippen LogP contribution in [0.15, 0.2) is 72.9 Å². The van der Waals surface area contributed by atoms with E-state index in [9.17, 15) is 45.6 Å². The lowest BCUT2D eigenvalue weighted by molar-refractivity contribution is -0.147. The molecule has 12 atom stereocenters. The van der Waals surface area contributed by atoms with Gasteiger partial charge in [0.1, 0.15) is 6.10 Å². The largest absolute Gasteiger partial charge is 0.458 e. The smallest absolute Gasteiger partial charge is 0.331 e. The van der Waals surface area contributed by atoms with Crippen molar-refractivity contribution in [1.82, 2.24) is 0 Å². The highest BCUT2D eigenvalue weighted by Gasteiger charge is 2.27. The Balaban J connectivity index is 3.01. The maximum absolute atomic E-state index is 12.5. The lowest BCUT2D eigenvalue weighted by atomic mass is 9.90. The number of cyclic esters (lactones) is 1. The number of esters is 1. The van der Waals surface area contributed by atoms with Crippen molar-refractivity contribution in [2.45, 2.75) is 134 Å². The Morgan fingerprint density at radius 2 is 1.13 bits per heavy atom. The maximum atomic E-state index is 12.5. The summed E-state index contributed by atoms with van der Waals surface area (Å²) in [5.74, 6) is -1.19. The first-order valence-electron chi connectivity index (χ1n) is 16.9. The molecular formula is C37H60O10. The van der Waals surface area contributed by atoms with Crippen molar-refractivity contribution in [2.75, 3.05) is 0 Å². The molecule has 0 fully saturated rings. The molecule has 10 nitrogen and oxygen atoms in total. The molecule has 10 heteroatoms. The number of aliphatic hydroxyl groups excluding tert-OH is 8. The topological polar surface area (TPSA) is 188 Å². The van der Waals surface area contributed by atoms with Crippen LogP contribution in [0.3, 0.4) is 0 Å². The number of allylic oxidation sites excluding steroid dienone is 8. The van der Waals surface area contributed by atoms with Crippen molar-refractivity contribution in [2.24, 2.45) is 17.8 Å². The first-order valence-corrected chi connectivity index (χ1v) is 16.9. The fourth-order valence-corrected chi connectivity index (χ4v) is 5.44. The lowest BCUT2D eigenvalue weighted by Gasteiger charge is -2.27. The first kappa shape index (κ1) is 42.6. The first-order chi connectivity index (χ1) is 22.2. The Hall–Kier alpha value is -2.41. The molecule has 0 aromatic rings. The van der Waals surface area contributed by atoms with Crippen LogP contribution in [-0.4, -0.2) is 102 Å². The number of hydrogen-bond donors (Lipinski definition) is 8. The van der Waals surface area contributed by atoms with Gasteiger partial charge in [-0.3, -0.25) is 0 Å². The highest BCUT2D eigenvalue weighted by atomic mass is 16.5. The molecule has 0 aromatic carbocycles. The molecule has 8 N–H and O–H groups in total. The van der Waals surface area contributed by atoms with Crippen molar-refractivity contribution in [3.8, 4) is 0 Å². The third-order valence-electron chi connectivity index (χ3n) is 8.55. The summed E-state index contributed by atoms with van der Waals surface area (Å²) in [5, 5.41) is 83.4. The summed E-state index contributed by atoms with van der Waals surface area (Å²) in [5.41, 5.74) is 0. The van der Waals surface area contributed by atoms with Crippen molar-refractivity contribution in [1.29, 1.82) is 0 Å². The van der Waals surface area contributed by atoms with Crippen LogP contribution in [0, 0.1) is 17.8 Å². The van der Waals surface area contributed by atoms with Crippen LogP contribution < -0.4 is 0 Å². The number of rotatable bonds is 2. The fraction of sp³-hybridized carbons (Fsp3) is 0.649. The van der Waals surface area contributed by atoms with Crippen molar-refractivity contribution in [3.05, 3.63) is 72.9 Å². The summed E-state index contributed by atoms with van der Waals surface area (Å²) in [4.78, 5) is 12.5. The highest BCUT2D eigenvalue weighted by molar-refractivity contribution is 5.82. The van der Waals surface area contributed by atoms with Crippen LogP contribution in [0.25, 0.3) is 0 Å². The van der Waals surface area contributed by atoms with Crippen LogP contribution in [0.4, 0.5) is 0 Å². The van der Waals surface area contributed by atoms with E-state index in [4.69, 9.17) is 4.74 Å². The van der Waals surface area contributed by atoms with Crippen molar-refractivity contribution in [3.63, 3.8) is 0 Å². The molecule has 0 spiro atoms. The van der Waals surface area contributed by atoms with E-state index >= 15 is 0 Å². The lowest BCUT2D eigenvalue weighted by Crippen LogP contribution is -2.34. The summed E-state index contributed by atoms with van der Waals surface area (Å²) in [6.07, 6.45) is 12.2. The highest BCUT2D eigenvalue weighted by Crippen LogP contribution is 2.23. The van der Waals surface area contributed by atoms with Crippen LogP contribution in [-0.2, 0) is 9.53 Å². The average molecular weight is 665 g/mol. The molecule has 0 saturated carbocycles. The third-order valence-corrected chi connectivity index (χ3v) is 8.55. The van der Waals surface area contributed by atoms with E-state index in [0.717, 1.165) is 6.42 Å². The van der Waals surface area contributed by atoms with E-state index in [0.29, 0.717) is 6.42 Å². The summed E-state index contributed by atoms with van der Waals surface area (Å²) in [6.45, 7) is 7.55. The zero-order valence-electron chi connectivity index (χ0n) is 28.4. The summed E-state index contributed by atoms with van der Waals surface area (Å²) in [6, 6.07) is 0. The molecule has 1 rings (SSSR count). The van der Waals surface area contributed by atoms with Crippen LogP contribution >= 0.6 is 0 Å². The third kappa shape index (κ3) is 19.2. The van der Waals surface area contributed by atoms with E-state index in [1.54, 1.807) is 67.7 Å². The molecule has 47 heavy (non-hydrogen) atoms. The van der Waals surface area contributed by atoms with Gasteiger partial charge in [-0.05, 0) is 44.4 Å². The quantitative estimate of drug-likeness (QED) is 0.161. The Kier molecular flexibility index (Phi) is 21.6. The number of carbonyl (C=O) groups excluding carboxylic acids is 1. The monoisotopic (exact) mass is 664 g/mol. The summed E-state index contributed by atoms with van der Waals surface area (Å²) >= 11 is 0. The molecule has 12 unspecified atom stereocenters. The molecule has 0 saturated heterocycles. The average Bonchev–Trinajstić information content (AvgIpc) is 2.99. The van der Waals surface area contributed by atoms with Gasteiger partial charge in [0.2, 0.25) is 0 Å². The normalized spacial score (nSPS) is 40.3. The number of ether oxygens (including phenoxy) is 1. The van der Waals surface area contributed by atoms with Gasteiger partial charge in [0.15, 0.2) is 0 Å². The van der Waals surface area contributed by atoms with Crippen LogP contribution in [0.5, 0.6) is 0 Å². The van der Waals surface area contributed by atoms with Gasteiger partial charge in [0.25, 0.3) is 0 Å². The summed E-state index contributed by atoms with van der Waals surface area (Å²) in [7, 11) is 0. The Morgan fingerprint density at radius 3 is 1.66 bits per heavy atom. The second-order valence-electron chi connectivity index (χ2n) is 13.0. The standard InChI is InChI=1S/C37H60O10/c1-5-25(2)37-26(3)17-18-28(38)19-29(39)20-30(40)21-31(41)22-32(42)23-33(43)24-35(45)27(4)34(44)15-13-11-9-7-6-8-10-12-14-16-36(46)47-37/h6-14,16-18,25-35,37-45H,5,15,19-24H2,1-4H3/b8-6-,9-7+,12-10-,13-11+,16-14+,18-17+. The van der Waals surface area contributed by atoms with Crippen LogP contribution in [0.1, 0.15) is 79.1 Å². The maximum Gasteiger partial charge on any atom is 0.331 e. The minimum Gasteiger partial charge on any atom is -0.458 e. The fourth-order valence-electron chi connectivity index (χ4n) is 5.44. The number of carbonyl (C=O) groups is 1.